The fraction of sp³-hybridized carbons (Fsp3) is 0.615. The van der Waals surface area contributed by atoms with Gasteiger partial charge >= 0.3 is 0 Å². The van der Waals surface area contributed by atoms with Gasteiger partial charge in [-0.15, -0.1) is 0 Å². The highest BCUT2D eigenvalue weighted by molar-refractivity contribution is 9.10. The van der Waals surface area contributed by atoms with Crippen molar-refractivity contribution in [1.29, 1.82) is 0 Å². The van der Waals surface area contributed by atoms with E-state index in [0.29, 0.717) is 0 Å². The minimum atomic E-state index is 0.819. The summed E-state index contributed by atoms with van der Waals surface area (Å²) in [6.45, 7) is 5.45. The molecule has 2 heterocycles. The number of anilines is 1. The summed E-state index contributed by atoms with van der Waals surface area (Å²) in [5.74, 6) is 1.79. The molecule has 0 aliphatic carbocycles. The number of aromatic nitrogens is 1. The average molecular weight is 298 g/mol. The number of hydrogen-bond acceptors (Lipinski definition) is 3. The van der Waals surface area contributed by atoms with Gasteiger partial charge in [0.1, 0.15) is 5.82 Å². The van der Waals surface area contributed by atoms with Gasteiger partial charge in [-0.1, -0.05) is 0 Å². The van der Waals surface area contributed by atoms with E-state index in [9.17, 15) is 0 Å². The normalized spacial score (nSPS) is 20.2. The molecule has 0 aromatic carbocycles. The molecule has 1 atom stereocenters. The van der Waals surface area contributed by atoms with Gasteiger partial charge in [-0.2, -0.15) is 0 Å². The van der Waals surface area contributed by atoms with E-state index in [0.717, 1.165) is 22.8 Å². The van der Waals surface area contributed by atoms with Gasteiger partial charge < -0.3 is 10.6 Å². The lowest BCUT2D eigenvalue weighted by Gasteiger charge is -2.22. The SMILES string of the molecule is Cc1ccnc(NCCC2CCCNC2)c1Br. The Morgan fingerprint density at radius 1 is 1.59 bits per heavy atom. The van der Waals surface area contributed by atoms with Crippen molar-refractivity contribution in [2.24, 2.45) is 5.92 Å². The van der Waals surface area contributed by atoms with Crippen molar-refractivity contribution in [3.05, 3.63) is 22.3 Å². The van der Waals surface area contributed by atoms with Crippen molar-refractivity contribution in [2.75, 3.05) is 25.0 Å². The zero-order chi connectivity index (χ0) is 12.1. The van der Waals surface area contributed by atoms with E-state index in [1.54, 1.807) is 0 Å². The van der Waals surface area contributed by atoms with Crippen molar-refractivity contribution in [3.8, 4) is 0 Å². The summed E-state index contributed by atoms with van der Waals surface area (Å²) in [7, 11) is 0. The van der Waals surface area contributed by atoms with Crippen LogP contribution in [0, 0.1) is 12.8 Å². The summed E-state index contributed by atoms with van der Waals surface area (Å²) in [6.07, 6.45) is 5.74. The van der Waals surface area contributed by atoms with Gasteiger partial charge in [0.05, 0.1) is 4.47 Å². The second-order valence-corrected chi connectivity index (χ2v) is 5.51. The largest absolute Gasteiger partial charge is 0.369 e. The molecule has 3 nitrogen and oxygen atoms in total. The maximum absolute atomic E-state index is 4.35. The summed E-state index contributed by atoms with van der Waals surface area (Å²) >= 11 is 3.57. The molecule has 17 heavy (non-hydrogen) atoms. The number of nitrogens with zero attached hydrogens (tertiary/aromatic N) is 1. The molecule has 1 fully saturated rings. The van der Waals surface area contributed by atoms with E-state index in [-0.39, 0.29) is 0 Å². The van der Waals surface area contributed by atoms with Gasteiger partial charge in [-0.25, -0.2) is 4.98 Å². The minimum absolute atomic E-state index is 0.819. The average Bonchev–Trinajstić information content (AvgIpc) is 2.36. The highest BCUT2D eigenvalue weighted by Gasteiger charge is 2.12. The first-order chi connectivity index (χ1) is 8.27. The van der Waals surface area contributed by atoms with Crippen molar-refractivity contribution in [1.82, 2.24) is 10.3 Å². The van der Waals surface area contributed by atoms with E-state index in [1.165, 1.54) is 37.9 Å². The smallest absolute Gasteiger partial charge is 0.140 e. The van der Waals surface area contributed by atoms with Crippen LogP contribution in [0.4, 0.5) is 5.82 Å². The molecule has 0 spiro atoms. The minimum Gasteiger partial charge on any atom is -0.369 e. The van der Waals surface area contributed by atoms with Gasteiger partial charge in [0, 0.05) is 12.7 Å². The molecule has 94 valence electrons. The Kier molecular flexibility index (Phi) is 4.80. The van der Waals surface area contributed by atoms with Crippen LogP contribution >= 0.6 is 15.9 Å². The number of rotatable bonds is 4. The quantitative estimate of drug-likeness (QED) is 0.897. The third-order valence-electron chi connectivity index (χ3n) is 3.33. The molecule has 2 N–H and O–H groups in total. The molecule has 1 aliphatic heterocycles. The Bertz CT molecular complexity index is 362. The van der Waals surface area contributed by atoms with Crippen molar-refractivity contribution in [2.45, 2.75) is 26.2 Å². The zero-order valence-electron chi connectivity index (χ0n) is 10.3. The molecule has 0 radical (unpaired) electrons. The first-order valence-electron chi connectivity index (χ1n) is 6.33. The monoisotopic (exact) mass is 297 g/mol. The number of piperidine rings is 1. The Morgan fingerprint density at radius 2 is 2.47 bits per heavy atom. The summed E-state index contributed by atoms with van der Waals surface area (Å²) in [5, 5.41) is 6.87. The zero-order valence-corrected chi connectivity index (χ0v) is 11.9. The Balaban J connectivity index is 1.79. The first kappa shape index (κ1) is 12.8. The highest BCUT2D eigenvalue weighted by atomic mass is 79.9. The summed E-state index contributed by atoms with van der Waals surface area (Å²) in [4.78, 5) is 4.35. The van der Waals surface area contributed by atoms with Crippen LogP contribution in [0.1, 0.15) is 24.8 Å². The number of nitrogens with one attached hydrogen (secondary N) is 2. The van der Waals surface area contributed by atoms with Crippen LogP contribution in [0.2, 0.25) is 0 Å². The van der Waals surface area contributed by atoms with E-state index in [4.69, 9.17) is 0 Å². The summed E-state index contributed by atoms with van der Waals surface area (Å²) < 4.78 is 1.08. The standard InChI is InChI=1S/C13H20BrN3/c1-10-4-7-16-13(12(10)14)17-8-5-11-3-2-6-15-9-11/h4,7,11,15H,2-3,5-6,8-9H2,1H3,(H,16,17). The van der Waals surface area contributed by atoms with Crippen molar-refractivity contribution < 1.29 is 0 Å². The van der Waals surface area contributed by atoms with E-state index >= 15 is 0 Å². The Hall–Kier alpha value is -0.610. The number of hydrogen-bond donors (Lipinski definition) is 2. The number of aryl methyl sites for hydroxylation is 1. The van der Waals surface area contributed by atoms with Crippen LogP contribution < -0.4 is 10.6 Å². The van der Waals surface area contributed by atoms with E-state index < -0.39 is 0 Å². The predicted octanol–water partition coefficient (Wildman–Crippen LogP) is 2.95. The van der Waals surface area contributed by atoms with Gasteiger partial charge in [0.25, 0.3) is 0 Å². The maximum Gasteiger partial charge on any atom is 0.140 e. The molecular weight excluding hydrogens is 278 g/mol. The highest BCUT2D eigenvalue weighted by Crippen LogP contribution is 2.23. The molecule has 1 aromatic heterocycles. The van der Waals surface area contributed by atoms with Crippen LogP contribution in [0.5, 0.6) is 0 Å². The molecule has 1 aromatic rings. The first-order valence-corrected chi connectivity index (χ1v) is 7.12. The van der Waals surface area contributed by atoms with Crippen LogP contribution in [-0.2, 0) is 0 Å². The lowest BCUT2D eigenvalue weighted by Crippen LogP contribution is -2.30. The lowest BCUT2D eigenvalue weighted by atomic mass is 9.96. The molecule has 0 bridgehead atoms. The van der Waals surface area contributed by atoms with E-state index in [1.807, 2.05) is 12.3 Å². The summed E-state index contributed by atoms with van der Waals surface area (Å²) in [5.41, 5.74) is 1.22. The van der Waals surface area contributed by atoms with Crippen LogP contribution in [0.3, 0.4) is 0 Å². The molecule has 1 unspecified atom stereocenters. The van der Waals surface area contributed by atoms with E-state index in [2.05, 4.69) is 38.5 Å². The van der Waals surface area contributed by atoms with Gasteiger partial charge in [-0.05, 0) is 72.8 Å². The molecule has 0 saturated carbocycles. The molecule has 1 saturated heterocycles. The maximum atomic E-state index is 4.35. The van der Waals surface area contributed by atoms with Crippen LogP contribution in [-0.4, -0.2) is 24.6 Å². The summed E-state index contributed by atoms with van der Waals surface area (Å²) in [6, 6.07) is 2.01. The predicted molar refractivity (Wildman–Crippen MR) is 75.4 cm³/mol. The van der Waals surface area contributed by atoms with Crippen molar-refractivity contribution >= 4 is 21.7 Å². The molecule has 0 amide bonds. The van der Waals surface area contributed by atoms with Crippen LogP contribution in [0.15, 0.2) is 16.7 Å². The molecule has 1 aliphatic rings. The fourth-order valence-electron chi connectivity index (χ4n) is 2.23. The second kappa shape index (κ2) is 6.36. The number of pyridine rings is 1. The third-order valence-corrected chi connectivity index (χ3v) is 4.33. The third kappa shape index (κ3) is 3.68. The van der Waals surface area contributed by atoms with Gasteiger partial charge in [0.2, 0.25) is 0 Å². The molecule has 2 rings (SSSR count). The van der Waals surface area contributed by atoms with Gasteiger partial charge in [0.15, 0.2) is 0 Å². The molecular formula is C13H20BrN3. The fourth-order valence-corrected chi connectivity index (χ4v) is 2.60. The van der Waals surface area contributed by atoms with Crippen LogP contribution in [0.25, 0.3) is 0 Å². The molecule has 4 heteroatoms. The van der Waals surface area contributed by atoms with Crippen molar-refractivity contribution in [3.63, 3.8) is 0 Å². The lowest BCUT2D eigenvalue weighted by molar-refractivity contribution is 0.364. The number of halogens is 1. The Labute approximate surface area is 112 Å². The van der Waals surface area contributed by atoms with Gasteiger partial charge in [-0.3, -0.25) is 0 Å². The Morgan fingerprint density at radius 3 is 3.24 bits per heavy atom. The topological polar surface area (TPSA) is 37.0 Å². The second-order valence-electron chi connectivity index (χ2n) is 4.72.